The summed E-state index contributed by atoms with van der Waals surface area (Å²) >= 11 is 0. The lowest BCUT2D eigenvalue weighted by Crippen LogP contribution is -2.37. The molecule has 112 valence electrons. The predicted octanol–water partition coefficient (Wildman–Crippen LogP) is 3.57. The normalized spacial score (nSPS) is 16.2. The Labute approximate surface area is 136 Å². The highest BCUT2D eigenvalue weighted by molar-refractivity contribution is 5.61. The van der Waals surface area contributed by atoms with Gasteiger partial charge in [-0.1, -0.05) is 66.2 Å². The fraction of sp³-hybridized carbons (Fsp3) is 0.0952. The fourth-order valence-corrected chi connectivity index (χ4v) is 2.92. The molecule has 0 saturated carbocycles. The van der Waals surface area contributed by atoms with Crippen molar-refractivity contribution in [3.05, 3.63) is 101 Å². The van der Waals surface area contributed by atoms with E-state index >= 15 is 0 Å². The maximum absolute atomic E-state index is 5.00. The van der Waals surface area contributed by atoms with Gasteiger partial charge in [-0.15, -0.1) is 0 Å². The van der Waals surface area contributed by atoms with Gasteiger partial charge in [-0.05, 0) is 30.7 Å². The van der Waals surface area contributed by atoms with Crippen molar-refractivity contribution >= 4 is 11.9 Å². The number of nitrogens with zero attached hydrogens (tertiary/aromatic N) is 2. The third kappa shape index (κ3) is 2.64. The zero-order valence-corrected chi connectivity index (χ0v) is 13.1. The fourth-order valence-electron chi connectivity index (χ4n) is 2.92. The Morgan fingerprint density at radius 3 is 2.26 bits per heavy atom. The number of fused-ring (bicyclic) bond motifs is 1. The van der Waals surface area contributed by atoms with Crippen molar-refractivity contribution in [1.82, 2.24) is 0 Å². The maximum atomic E-state index is 5.00. The van der Waals surface area contributed by atoms with Crippen LogP contribution in [0.3, 0.4) is 0 Å². The van der Waals surface area contributed by atoms with Crippen LogP contribution in [0.25, 0.3) is 6.20 Å². The van der Waals surface area contributed by atoms with Gasteiger partial charge in [-0.25, -0.2) is 0 Å². The molecule has 0 spiro atoms. The lowest BCUT2D eigenvalue weighted by atomic mass is 10.1. The Morgan fingerprint density at radius 1 is 0.783 bits per heavy atom. The molecule has 1 atom stereocenters. The summed E-state index contributed by atoms with van der Waals surface area (Å²) in [6.07, 6.45) is 2.16. The van der Waals surface area contributed by atoms with E-state index in [-0.39, 0.29) is 6.17 Å². The van der Waals surface area contributed by atoms with Gasteiger partial charge in [0.25, 0.3) is 0 Å². The summed E-state index contributed by atoms with van der Waals surface area (Å²) in [5.41, 5.74) is 3.61. The molecule has 2 nitrogen and oxygen atoms in total. The Hall–Kier alpha value is -2.87. The van der Waals surface area contributed by atoms with E-state index in [2.05, 4.69) is 84.8 Å². The van der Waals surface area contributed by atoms with Crippen LogP contribution in [-0.4, -0.2) is 0 Å². The average molecular weight is 298 g/mol. The number of rotatable bonds is 2. The van der Waals surface area contributed by atoms with Gasteiger partial charge in [-0.3, -0.25) is 4.99 Å². The zero-order chi connectivity index (χ0) is 15.6. The predicted molar refractivity (Wildman–Crippen MR) is 94.5 cm³/mol. The summed E-state index contributed by atoms with van der Waals surface area (Å²) in [4.78, 5) is 7.24. The van der Waals surface area contributed by atoms with Gasteiger partial charge in [-0.2, -0.15) is 0 Å². The standard InChI is InChI=1S/C21H18N2/c1-16-11-13-17(14-12-16)21-22-20-10-6-5-7-18(20)15-23(21)19-8-3-2-4-9-19/h2-15,21H,1H3. The van der Waals surface area contributed by atoms with Crippen LogP contribution in [0, 0.1) is 6.92 Å². The van der Waals surface area contributed by atoms with E-state index in [0.717, 1.165) is 16.3 Å². The summed E-state index contributed by atoms with van der Waals surface area (Å²) in [7, 11) is 0. The second-order valence-electron chi connectivity index (χ2n) is 5.84. The van der Waals surface area contributed by atoms with Crippen LogP contribution in [-0.2, 0) is 0 Å². The summed E-state index contributed by atoms with van der Waals surface area (Å²) in [5.74, 6) is 0. The molecule has 1 unspecified atom stereocenters. The van der Waals surface area contributed by atoms with E-state index < -0.39 is 0 Å². The Balaban J connectivity index is 1.90. The van der Waals surface area contributed by atoms with Crippen molar-refractivity contribution in [2.45, 2.75) is 13.1 Å². The molecular weight excluding hydrogens is 280 g/mol. The third-order valence-corrected chi connectivity index (χ3v) is 4.17. The van der Waals surface area contributed by atoms with Crippen molar-refractivity contribution in [2.75, 3.05) is 4.90 Å². The minimum absolute atomic E-state index is 0.0344. The van der Waals surface area contributed by atoms with Crippen LogP contribution in [0.15, 0.2) is 83.9 Å². The number of para-hydroxylation sites is 2. The Bertz CT molecular complexity index is 928. The van der Waals surface area contributed by atoms with Gasteiger partial charge in [0, 0.05) is 17.1 Å². The molecular formula is C21H18N2. The molecule has 3 aromatic carbocycles. The monoisotopic (exact) mass is 298 g/mol. The number of hydrogen-bond acceptors (Lipinski definition) is 2. The molecule has 4 rings (SSSR count). The molecule has 0 radical (unpaired) electrons. The second kappa shape index (κ2) is 5.73. The molecule has 0 N–H and O–H groups in total. The first-order valence-corrected chi connectivity index (χ1v) is 7.86. The minimum atomic E-state index is -0.0344. The molecule has 0 fully saturated rings. The molecule has 1 aliphatic heterocycles. The number of benzene rings is 3. The molecule has 3 aromatic rings. The van der Waals surface area contributed by atoms with E-state index in [1.807, 2.05) is 12.1 Å². The summed E-state index contributed by atoms with van der Waals surface area (Å²) in [5, 5.41) is 2.20. The first kappa shape index (κ1) is 13.8. The van der Waals surface area contributed by atoms with Crippen molar-refractivity contribution in [1.29, 1.82) is 0 Å². The van der Waals surface area contributed by atoms with Gasteiger partial charge in [0.05, 0.1) is 5.36 Å². The quantitative estimate of drug-likeness (QED) is 0.706. The molecule has 0 bridgehead atoms. The lowest BCUT2D eigenvalue weighted by molar-refractivity contribution is 0.714. The zero-order valence-electron chi connectivity index (χ0n) is 13.1. The summed E-state index contributed by atoms with van der Waals surface area (Å²) in [6, 6.07) is 27.3. The van der Waals surface area contributed by atoms with Crippen molar-refractivity contribution < 1.29 is 0 Å². The highest BCUT2D eigenvalue weighted by Gasteiger charge is 2.20. The van der Waals surface area contributed by atoms with Crippen LogP contribution in [0.4, 0.5) is 5.69 Å². The van der Waals surface area contributed by atoms with Crippen LogP contribution >= 0.6 is 0 Å². The first-order valence-electron chi connectivity index (χ1n) is 7.86. The molecule has 23 heavy (non-hydrogen) atoms. The molecule has 0 aromatic heterocycles. The van der Waals surface area contributed by atoms with Crippen LogP contribution in [0.2, 0.25) is 0 Å². The van der Waals surface area contributed by atoms with Gasteiger partial charge in [0.15, 0.2) is 6.17 Å². The van der Waals surface area contributed by atoms with E-state index in [1.54, 1.807) is 0 Å². The molecule has 0 aliphatic carbocycles. The lowest BCUT2D eigenvalue weighted by Gasteiger charge is -2.30. The highest BCUT2D eigenvalue weighted by Crippen LogP contribution is 2.29. The topological polar surface area (TPSA) is 15.6 Å². The summed E-state index contributed by atoms with van der Waals surface area (Å²) in [6.45, 7) is 2.11. The van der Waals surface area contributed by atoms with Crippen LogP contribution in [0.1, 0.15) is 17.3 Å². The SMILES string of the molecule is Cc1ccc(C2N=c3ccccc3=CN2c2ccccc2)cc1. The third-order valence-electron chi connectivity index (χ3n) is 4.17. The Kier molecular flexibility index (Phi) is 3.43. The van der Waals surface area contributed by atoms with E-state index in [1.165, 1.54) is 11.1 Å². The van der Waals surface area contributed by atoms with Gasteiger partial charge >= 0.3 is 0 Å². The van der Waals surface area contributed by atoms with Gasteiger partial charge in [0.1, 0.15) is 0 Å². The molecule has 0 saturated heterocycles. The van der Waals surface area contributed by atoms with Crippen molar-refractivity contribution in [2.24, 2.45) is 4.99 Å². The van der Waals surface area contributed by atoms with Crippen LogP contribution < -0.4 is 15.5 Å². The average Bonchev–Trinajstić information content (AvgIpc) is 2.62. The van der Waals surface area contributed by atoms with E-state index in [0.29, 0.717) is 0 Å². The second-order valence-corrected chi connectivity index (χ2v) is 5.84. The Morgan fingerprint density at radius 2 is 1.48 bits per heavy atom. The van der Waals surface area contributed by atoms with Gasteiger partial charge in [0.2, 0.25) is 0 Å². The first-order chi connectivity index (χ1) is 11.3. The largest absolute Gasteiger partial charge is 0.321 e. The minimum Gasteiger partial charge on any atom is -0.321 e. The number of aryl methyl sites for hydroxylation is 1. The summed E-state index contributed by atoms with van der Waals surface area (Å²) < 4.78 is 0. The van der Waals surface area contributed by atoms with E-state index in [4.69, 9.17) is 4.99 Å². The molecule has 1 heterocycles. The molecule has 2 heteroatoms. The van der Waals surface area contributed by atoms with Crippen molar-refractivity contribution in [3.63, 3.8) is 0 Å². The van der Waals surface area contributed by atoms with E-state index in [9.17, 15) is 0 Å². The van der Waals surface area contributed by atoms with Crippen LogP contribution in [0.5, 0.6) is 0 Å². The number of anilines is 1. The smallest absolute Gasteiger partial charge is 0.151 e. The molecule has 0 amide bonds. The van der Waals surface area contributed by atoms with Gasteiger partial charge < -0.3 is 4.90 Å². The maximum Gasteiger partial charge on any atom is 0.151 e. The van der Waals surface area contributed by atoms with Crippen molar-refractivity contribution in [3.8, 4) is 0 Å². The highest BCUT2D eigenvalue weighted by atomic mass is 15.2. The molecule has 1 aliphatic rings. The number of hydrogen-bond donors (Lipinski definition) is 0.